The van der Waals surface area contributed by atoms with Crippen LogP contribution in [0.15, 0.2) is 35.7 Å². The largest absolute Gasteiger partial charge is 0.495 e. The summed E-state index contributed by atoms with van der Waals surface area (Å²) >= 11 is 0. The van der Waals surface area contributed by atoms with Crippen LogP contribution in [-0.4, -0.2) is 30.4 Å². The normalized spacial score (nSPS) is 11.2. The SMILES string of the molecule is COc1cc(C)ccc1S(=O)(=O)Nn1cnnc1. The van der Waals surface area contributed by atoms with E-state index in [1.54, 1.807) is 12.1 Å². The number of rotatable bonds is 4. The molecule has 1 aromatic carbocycles. The van der Waals surface area contributed by atoms with Crippen LogP contribution in [0.2, 0.25) is 0 Å². The third-order valence-corrected chi connectivity index (χ3v) is 3.62. The van der Waals surface area contributed by atoms with E-state index in [0.29, 0.717) is 0 Å². The molecule has 2 rings (SSSR count). The molecular formula is C10H12N4O3S. The lowest BCUT2D eigenvalue weighted by Crippen LogP contribution is -2.22. The molecule has 0 aliphatic rings. The van der Waals surface area contributed by atoms with E-state index in [-0.39, 0.29) is 10.6 Å². The fourth-order valence-corrected chi connectivity index (χ4v) is 2.56. The van der Waals surface area contributed by atoms with Gasteiger partial charge in [0, 0.05) is 0 Å². The molecule has 0 unspecified atom stereocenters. The molecule has 0 amide bonds. The Balaban J connectivity index is 2.41. The molecule has 1 N–H and O–H groups in total. The average molecular weight is 268 g/mol. The van der Waals surface area contributed by atoms with E-state index < -0.39 is 10.0 Å². The number of sulfonamides is 1. The third kappa shape index (κ3) is 2.43. The highest BCUT2D eigenvalue weighted by Crippen LogP contribution is 2.24. The van der Waals surface area contributed by atoms with Crippen LogP contribution < -0.4 is 9.57 Å². The maximum atomic E-state index is 12.1. The second-order valence-corrected chi connectivity index (χ2v) is 5.25. The Hall–Kier alpha value is -2.09. The first-order chi connectivity index (χ1) is 8.53. The lowest BCUT2D eigenvalue weighted by Gasteiger charge is -2.11. The van der Waals surface area contributed by atoms with E-state index in [9.17, 15) is 8.42 Å². The highest BCUT2D eigenvalue weighted by Gasteiger charge is 2.19. The van der Waals surface area contributed by atoms with Gasteiger partial charge in [0.05, 0.1) is 7.11 Å². The van der Waals surface area contributed by atoms with Crippen molar-refractivity contribution in [3.05, 3.63) is 36.4 Å². The molecule has 18 heavy (non-hydrogen) atoms. The Kier molecular flexibility index (Phi) is 3.19. The average Bonchev–Trinajstić information content (AvgIpc) is 2.80. The van der Waals surface area contributed by atoms with Gasteiger partial charge in [0.1, 0.15) is 23.3 Å². The predicted octanol–water partition coefficient (Wildman–Crippen LogP) is 0.528. The first-order valence-corrected chi connectivity index (χ1v) is 6.53. The molecule has 0 radical (unpaired) electrons. The summed E-state index contributed by atoms with van der Waals surface area (Å²) in [4.78, 5) is 2.35. The molecule has 0 aliphatic heterocycles. The van der Waals surface area contributed by atoms with Gasteiger partial charge in [-0.15, -0.1) is 10.2 Å². The second-order valence-electron chi connectivity index (χ2n) is 3.62. The van der Waals surface area contributed by atoms with Gasteiger partial charge in [-0.05, 0) is 24.6 Å². The molecule has 0 aliphatic carbocycles. The van der Waals surface area contributed by atoms with Crippen LogP contribution in [0.5, 0.6) is 5.75 Å². The van der Waals surface area contributed by atoms with Crippen molar-refractivity contribution in [3.8, 4) is 5.75 Å². The summed E-state index contributed by atoms with van der Waals surface area (Å²) in [7, 11) is -2.31. The monoisotopic (exact) mass is 268 g/mol. The van der Waals surface area contributed by atoms with E-state index in [0.717, 1.165) is 10.2 Å². The molecule has 0 spiro atoms. The fraction of sp³-hybridized carbons (Fsp3) is 0.200. The van der Waals surface area contributed by atoms with Gasteiger partial charge in [0.25, 0.3) is 10.0 Å². The van der Waals surface area contributed by atoms with Gasteiger partial charge in [0.15, 0.2) is 0 Å². The van der Waals surface area contributed by atoms with Crippen LogP contribution in [0.25, 0.3) is 0 Å². The summed E-state index contributed by atoms with van der Waals surface area (Å²) in [5.74, 6) is 0.288. The molecule has 8 heteroatoms. The molecule has 0 saturated carbocycles. The van der Waals surface area contributed by atoms with E-state index >= 15 is 0 Å². The minimum absolute atomic E-state index is 0.0595. The van der Waals surface area contributed by atoms with Crippen molar-refractivity contribution in [2.45, 2.75) is 11.8 Å². The van der Waals surface area contributed by atoms with Crippen molar-refractivity contribution in [1.29, 1.82) is 0 Å². The van der Waals surface area contributed by atoms with Crippen molar-refractivity contribution in [2.75, 3.05) is 11.9 Å². The standard InChI is InChI=1S/C10H12N4O3S/c1-8-3-4-10(9(5-8)17-2)18(15,16)13-14-6-11-12-7-14/h3-7,13H,1-2H3. The molecule has 1 aromatic heterocycles. The maximum Gasteiger partial charge on any atom is 0.279 e. The second kappa shape index (κ2) is 4.65. The number of nitrogens with one attached hydrogen (secondary N) is 1. The number of benzene rings is 1. The highest BCUT2D eigenvalue weighted by atomic mass is 32.2. The van der Waals surface area contributed by atoms with Gasteiger partial charge in [-0.1, -0.05) is 6.07 Å². The minimum atomic E-state index is -3.73. The topological polar surface area (TPSA) is 86.1 Å². The molecule has 96 valence electrons. The number of hydrogen-bond donors (Lipinski definition) is 1. The lowest BCUT2D eigenvalue weighted by molar-refractivity contribution is 0.402. The summed E-state index contributed by atoms with van der Waals surface area (Å²) < 4.78 is 30.5. The van der Waals surface area contributed by atoms with E-state index in [2.05, 4.69) is 15.0 Å². The Morgan fingerprint density at radius 1 is 1.28 bits per heavy atom. The van der Waals surface area contributed by atoms with Crippen LogP contribution in [-0.2, 0) is 10.0 Å². The molecule has 7 nitrogen and oxygen atoms in total. The first-order valence-electron chi connectivity index (χ1n) is 5.05. The number of nitrogens with zero attached hydrogens (tertiary/aromatic N) is 3. The molecule has 2 aromatic rings. The molecule has 0 atom stereocenters. The van der Waals surface area contributed by atoms with E-state index in [1.807, 2.05) is 6.92 Å². The van der Waals surface area contributed by atoms with Crippen molar-refractivity contribution >= 4 is 10.0 Å². The molecular weight excluding hydrogens is 256 g/mol. The van der Waals surface area contributed by atoms with Gasteiger partial charge in [-0.3, -0.25) is 0 Å². The van der Waals surface area contributed by atoms with Crippen LogP contribution in [0, 0.1) is 6.92 Å². The lowest BCUT2D eigenvalue weighted by atomic mass is 10.2. The van der Waals surface area contributed by atoms with Crippen LogP contribution in [0.3, 0.4) is 0 Å². The zero-order valence-electron chi connectivity index (χ0n) is 9.86. The van der Waals surface area contributed by atoms with Crippen molar-refractivity contribution in [2.24, 2.45) is 0 Å². The quantitative estimate of drug-likeness (QED) is 0.874. The number of ether oxygens (including phenoxy) is 1. The predicted molar refractivity (Wildman–Crippen MR) is 64.3 cm³/mol. The molecule has 0 saturated heterocycles. The Morgan fingerprint density at radius 2 is 1.94 bits per heavy atom. The molecule has 0 bridgehead atoms. The third-order valence-electron chi connectivity index (χ3n) is 2.25. The van der Waals surface area contributed by atoms with E-state index in [4.69, 9.17) is 4.74 Å². The zero-order chi connectivity index (χ0) is 13.2. The first kappa shape index (κ1) is 12.4. The van der Waals surface area contributed by atoms with Crippen molar-refractivity contribution < 1.29 is 13.2 Å². The number of aromatic nitrogens is 3. The molecule has 1 heterocycles. The van der Waals surface area contributed by atoms with Crippen LogP contribution >= 0.6 is 0 Å². The van der Waals surface area contributed by atoms with Crippen molar-refractivity contribution in [1.82, 2.24) is 14.9 Å². The number of aryl methyl sites for hydroxylation is 1. The summed E-state index contributed by atoms with van der Waals surface area (Å²) in [6.07, 6.45) is 2.50. The number of hydrogen-bond acceptors (Lipinski definition) is 5. The Labute approximate surface area is 104 Å². The van der Waals surface area contributed by atoms with Gasteiger partial charge < -0.3 is 4.74 Å². The smallest absolute Gasteiger partial charge is 0.279 e. The molecule has 0 fully saturated rings. The van der Waals surface area contributed by atoms with Gasteiger partial charge in [0.2, 0.25) is 0 Å². The fourth-order valence-electron chi connectivity index (χ4n) is 1.43. The maximum absolute atomic E-state index is 12.1. The summed E-state index contributed by atoms with van der Waals surface area (Å²) in [5.41, 5.74) is 0.912. The summed E-state index contributed by atoms with van der Waals surface area (Å²) in [5, 5.41) is 7.02. The van der Waals surface area contributed by atoms with E-state index in [1.165, 1.54) is 25.8 Å². The minimum Gasteiger partial charge on any atom is -0.495 e. The summed E-state index contributed by atoms with van der Waals surface area (Å²) in [6.45, 7) is 1.85. The number of methoxy groups -OCH3 is 1. The highest BCUT2D eigenvalue weighted by molar-refractivity contribution is 7.92. The van der Waals surface area contributed by atoms with Crippen LogP contribution in [0.4, 0.5) is 0 Å². The van der Waals surface area contributed by atoms with Gasteiger partial charge in [-0.25, -0.2) is 9.51 Å². The zero-order valence-corrected chi connectivity index (χ0v) is 10.7. The van der Waals surface area contributed by atoms with Gasteiger partial charge >= 0.3 is 0 Å². The van der Waals surface area contributed by atoms with Crippen LogP contribution in [0.1, 0.15) is 5.56 Å². The Morgan fingerprint density at radius 3 is 2.56 bits per heavy atom. The Bertz CT molecular complexity index is 637. The van der Waals surface area contributed by atoms with Gasteiger partial charge in [-0.2, -0.15) is 8.42 Å². The van der Waals surface area contributed by atoms with Crippen molar-refractivity contribution in [3.63, 3.8) is 0 Å². The summed E-state index contributed by atoms with van der Waals surface area (Å²) in [6, 6.07) is 4.84.